The lowest BCUT2D eigenvalue weighted by atomic mass is 9.91. The van der Waals surface area contributed by atoms with Crippen LogP contribution in [0.4, 0.5) is 50.3 Å². The normalized spacial score (nSPS) is 23.4. The molecule has 5 amide bonds. The molecule has 4 aromatic rings. The predicted octanol–water partition coefficient (Wildman–Crippen LogP) is 5.34. The summed E-state index contributed by atoms with van der Waals surface area (Å²) in [4.78, 5) is 71.5. The van der Waals surface area contributed by atoms with Crippen molar-refractivity contribution in [3.05, 3.63) is 95.1 Å². The largest absolute Gasteiger partial charge is 0.450 e. The number of thioether (sulfide) groups is 1. The molecule has 4 atom stereocenters. The number of nitrogens with zero attached hydrogens (tertiary/aromatic N) is 5. The Morgan fingerprint density at radius 3 is 1.44 bits per heavy atom. The van der Waals surface area contributed by atoms with E-state index in [9.17, 15) is 24.0 Å². The van der Waals surface area contributed by atoms with Crippen molar-refractivity contribution in [2.45, 2.75) is 101 Å². The van der Waals surface area contributed by atoms with Crippen LogP contribution < -0.4 is 44.2 Å². The molecule has 1 saturated carbocycles. The molecular weight excluding hydrogens is 1030 g/mol. The van der Waals surface area contributed by atoms with Gasteiger partial charge in [-0.3, -0.25) is 38.8 Å². The zero-order valence-electron chi connectivity index (χ0n) is 46.4. The molecule has 0 aromatic heterocycles. The van der Waals surface area contributed by atoms with E-state index in [-0.39, 0.29) is 53.9 Å². The van der Waals surface area contributed by atoms with Crippen LogP contribution in [0.25, 0.3) is 0 Å². The molecule has 3 saturated heterocycles. The molecule has 0 radical (unpaired) electrons. The maximum absolute atomic E-state index is 12.4. The Bertz CT molecular complexity index is 2830. The van der Waals surface area contributed by atoms with Gasteiger partial charge in [-0.1, -0.05) is 43.5 Å². The van der Waals surface area contributed by atoms with Crippen LogP contribution in [0.15, 0.2) is 72.8 Å². The van der Waals surface area contributed by atoms with E-state index in [4.69, 9.17) is 32.4 Å². The Morgan fingerprint density at radius 2 is 0.975 bits per heavy atom. The van der Waals surface area contributed by atoms with Gasteiger partial charge in [0.05, 0.1) is 37.4 Å². The summed E-state index contributed by atoms with van der Waals surface area (Å²) in [6.07, 6.45) is 10.1. The highest BCUT2D eigenvalue weighted by molar-refractivity contribution is 7.99. The fourth-order valence-electron chi connectivity index (χ4n) is 12.0. The third-order valence-electron chi connectivity index (χ3n) is 16.5. The van der Waals surface area contributed by atoms with E-state index in [2.05, 4.69) is 47.9 Å². The number of nitrogen functional groups attached to an aromatic ring is 4. The lowest BCUT2D eigenvalue weighted by Gasteiger charge is -2.39. The zero-order chi connectivity index (χ0) is 56.3. The van der Waals surface area contributed by atoms with Gasteiger partial charge in [-0.05, 0) is 130 Å². The maximum Gasteiger partial charge on any atom is 0.409 e. The van der Waals surface area contributed by atoms with Crippen molar-refractivity contribution >= 4 is 87.0 Å². The Morgan fingerprint density at radius 1 is 0.550 bits per heavy atom. The number of amides is 5. The minimum Gasteiger partial charge on any atom is -0.450 e. The number of nitrogens with two attached hydrogens (primary N) is 4. The third-order valence-corrected chi connectivity index (χ3v) is 17.5. The first-order valence-corrected chi connectivity index (χ1v) is 29.6. The molecule has 4 aromatic carbocycles. The van der Waals surface area contributed by atoms with Crippen LogP contribution in [0.2, 0.25) is 0 Å². The summed E-state index contributed by atoms with van der Waals surface area (Å²) in [7, 11) is 2.10. The number of benzene rings is 4. The van der Waals surface area contributed by atoms with Gasteiger partial charge in [0.25, 0.3) is 0 Å². The number of ether oxygens (including phenoxy) is 2. The number of likely N-dealkylation sites (N-methyl/N-ethyl adjacent to an activating group) is 1. The van der Waals surface area contributed by atoms with Crippen LogP contribution >= 0.6 is 11.8 Å². The molecule has 4 fully saturated rings. The smallest absolute Gasteiger partial charge is 0.409 e. The van der Waals surface area contributed by atoms with Gasteiger partial charge in [-0.15, -0.1) is 0 Å². The predicted molar refractivity (Wildman–Crippen MR) is 319 cm³/mol. The lowest BCUT2D eigenvalue weighted by molar-refractivity contribution is -0.123. The van der Waals surface area contributed by atoms with Crippen molar-refractivity contribution in [2.24, 2.45) is 0 Å². The van der Waals surface area contributed by atoms with E-state index in [1.165, 1.54) is 43.2 Å². The van der Waals surface area contributed by atoms with Crippen LogP contribution in [0.5, 0.6) is 0 Å². The SMILES string of the molecule is CCOC(=O)N1CCN(C2Cc3ccc(N)cc3NC2=O)CC1.CN(C1CCCCC1)C1Cc2ccc(N)cc2NC1=O.Nc1ccc2c(c1)NC(=O)C(N1CCCOCC1)C2.Nc1ccc2c(c1)NC(=O)C(N1CCSCC1)C2. The number of carbonyl (C=O) groups is 5. The van der Waals surface area contributed by atoms with Crippen molar-refractivity contribution in [1.82, 2.24) is 24.5 Å². The Hall–Kier alpha value is -6.62. The van der Waals surface area contributed by atoms with E-state index >= 15 is 0 Å². The minimum atomic E-state index is -0.277. The van der Waals surface area contributed by atoms with Gasteiger partial charge < -0.3 is 58.6 Å². The molecule has 8 aliphatic rings. The van der Waals surface area contributed by atoms with Crippen molar-refractivity contribution < 1.29 is 33.4 Å². The molecule has 1 aliphatic carbocycles. The zero-order valence-corrected chi connectivity index (χ0v) is 47.2. The van der Waals surface area contributed by atoms with Crippen LogP contribution in [-0.2, 0) is 54.3 Å². The van der Waals surface area contributed by atoms with Crippen LogP contribution in [0.1, 0.15) is 67.7 Å². The molecule has 0 bridgehead atoms. The van der Waals surface area contributed by atoms with E-state index in [0.717, 1.165) is 104 Å². The highest BCUT2D eigenvalue weighted by Crippen LogP contribution is 2.33. The van der Waals surface area contributed by atoms with Gasteiger partial charge in [0.15, 0.2) is 0 Å². The highest BCUT2D eigenvalue weighted by Gasteiger charge is 2.37. The maximum atomic E-state index is 12.4. The third kappa shape index (κ3) is 14.6. The summed E-state index contributed by atoms with van der Waals surface area (Å²) in [6, 6.07) is 23.1. The van der Waals surface area contributed by atoms with E-state index in [1.54, 1.807) is 17.9 Å². The summed E-state index contributed by atoms with van der Waals surface area (Å²) in [6.45, 7) is 9.92. The molecule has 0 spiro atoms. The fourth-order valence-corrected chi connectivity index (χ4v) is 12.9. The van der Waals surface area contributed by atoms with Crippen molar-refractivity contribution in [1.29, 1.82) is 0 Å². The second kappa shape index (κ2) is 27.2. The number of hydrogen-bond donors (Lipinski definition) is 8. The van der Waals surface area contributed by atoms with Gasteiger partial charge in [0.2, 0.25) is 23.6 Å². The molecular formula is C59H81N13O7S. The standard InChI is InChI=1S/C16H22N4O3.C16H23N3O.C14H19N3O2.C13H17N3OS/c1-2-23-16(22)20-7-5-19(6-8-20)14-9-11-3-4-12(17)10-13(11)18-15(14)21;1-19(13-5-3-2-4-6-13)15-9-11-7-8-12(17)10-14(11)18-16(15)20;15-11-3-2-10-8-13(14(18)16-12(10)9-11)17-4-1-6-19-7-5-17;14-10-2-1-9-7-12(13(17)15-11(9)8-10)16-3-5-18-6-4-16/h3-4,10,14H,2,5-9,17H2,1H3,(H,18,21);7-8,10,13,15H,2-6,9,17H2,1H3,(H,18,20);2-3,9,13H,1,4-8,15H2,(H,16,18);1-2,8,12H,3-7,14H2,(H,15,17). The van der Waals surface area contributed by atoms with E-state index in [0.29, 0.717) is 74.6 Å². The molecule has 20 nitrogen and oxygen atoms in total. The first-order valence-electron chi connectivity index (χ1n) is 28.5. The molecule has 7 aliphatic heterocycles. The van der Waals surface area contributed by atoms with Gasteiger partial charge in [0, 0.05) is 122 Å². The van der Waals surface area contributed by atoms with E-state index < -0.39 is 0 Å². The number of rotatable bonds is 6. The lowest BCUT2D eigenvalue weighted by Crippen LogP contribution is -2.56. The number of nitrogens with one attached hydrogen (secondary N) is 4. The Labute approximate surface area is 474 Å². The minimum absolute atomic E-state index is 0.00677. The summed E-state index contributed by atoms with van der Waals surface area (Å²) in [5.74, 6) is 2.53. The van der Waals surface area contributed by atoms with Gasteiger partial charge in [0.1, 0.15) is 0 Å². The molecule has 80 heavy (non-hydrogen) atoms. The van der Waals surface area contributed by atoms with Crippen LogP contribution in [0.3, 0.4) is 0 Å². The number of fused-ring (bicyclic) bond motifs is 4. The Kier molecular flexibility index (Phi) is 19.8. The number of anilines is 8. The highest BCUT2D eigenvalue weighted by atomic mass is 32.2. The Balaban J connectivity index is 0.000000130. The van der Waals surface area contributed by atoms with Crippen molar-refractivity contribution in [3.8, 4) is 0 Å². The first kappa shape index (κ1) is 58.0. The second-order valence-corrected chi connectivity index (χ2v) is 23.1. The van der Waals surface area contributed by atoms with Gasteiger partial charge in [-0.2, -0.15) is 11.8 Å². The average molecular weight is 1120 g/mol. The number of hydrogen-bond acceptors (Lipinski definition) is 16. The van der Waals surface area contributed by atoms with Crippen molar-refractivity contribution in [2.75, 3.05) is 135 Å². The first-order chi connectivity index (χ1) is 38.7. The summed E-state index contributed by atoms with van der Waals surface area (Å²) in [5.41, 5.74) is 33.8. The quantitative estimate of drug-likeness (QED) is 0.113. The van der Waals surface area contributed by atoms with Crippen molar-refractivity contribution in [3.63, 3.8) is 0 Å². The average Bonchev–Trinajstić information content (AvgIpc) is 3.79. The number of carbonyl (C=O) groups excluding carboxylic acids is 5. The molecule has 430 valence electrons. The fraction of sp³-hybridized carbons (Fsp3) is 0.508. The second-order valence-electron chi connectivity index (χ2n) is 21.8. The van der Waals surface area contributed by atoms with Crippen LogP contribution in [0, 0.1) is 0 Å². The molecule has 21 heteroatoms. The summed E-state index contributed by atoms with van der Waals surface area (Å²) in [5, 5.41) is 11.9. The monoisotopic (exact) mass is 1120 g/mol. The molecule has 12 N–H and O–H groups in total. The van der Waals surface area contributed by atoms with Crippen LogP contribution in [-0.4, -0.2) is 175 Å². The van der Waals surface area contributed by atoms with E-state index in [1.807, 2.05) is 78.5 Å². The van der Waals surface area contributed by atoms with Gasteiger partial charge >= 0.3 is 6.09 Å². The molecule has 4 unspecified atom stereocenters. The summed E-state index contributed by atoms with van der Waals surface area (Å²) < 4.78 is 10.5. The molecule has 7 heterocycles. The van der Waals surface area contributed by atoms with Gasteiger partial charge in [-0.25, -0.2) is 4.79 Å². The molecule has 12 rings (SSSR count). The number of piperazine rings is 1. The topological polar surface area (TPSA) is 272 Å². The summed E-state index contributed by atoms with van der Waals surface area (Å²) >= 11 is 1.96.